The number of carbonyl (C=O) groups excluding carboxylic acids is 1. The predicted octanol–water partition coefficient (Wildman–Crippen LogP) is 3.50. The molecule has 0 radical (unpaired) electrons. The van der Waals surface area contributed by atoms with Crippen LogP contribution in [0.1, 0.15) is 26.5 Å². The molecule has 1 heterocycles. The van der Waals surface area contributed by atoms with E-state index in [1.807, 2.05) is 49.4 Å². The number of aryl methyl sites for hydroxylation is 1. The molecule has 3 aromatic rings. The van der Waals surface area contributed by atoms with Crippen molar-refractivity contribution in [3.05, 3.63) is 76.3 Å². The minimum Gasteiger partial charge on any atom is -0.296 e. The first-order valence-electron chi connectivity index (χ1n) is 6.99. The van der Waals surface area contributed by atoms with Crippen LogP contribution in [-0.4, -0.2) is 16.1 Å². The van der Waals surface area contributed by atoms with Crippen molar-refractivity contribution in [2.75, 3.05) is 5.32 Å². The molecular formula is C18H13N3OS. The Labute approximate surface area is 138 Å². The lowest BCUT2D eigenvalue weighted by atomic mass is 10.1. The SMILES string of the molecule is Cc1nnc(NC(=O)c2ccc(C#Cc3ccccc3)cc2)s1. The van der Waals surface area contributed by atoms with Crippen LogP contribution >= 0.6 is 11.3 Å². The topological polar surface area (TPSA) is 54.9 Å². The summed E-state index contributed by atoms with van der Waals surface area (Å²) in [5.41, 5.74) is 2.38. The van der Waals surface area contributed by atoms with E-state index in [-0.39, 0.29) is 5.91 Å². The number of hydrogen-bond acceptors (Lipinski definition) is 4. The van der Waals surface area contributed by atoms with Gasteiger partial charge in [0.1, 0.15) is 5.01 Å². The van der Waals surface area contributed by atoms with Crippen molar-refractivity contribution in [2.45, 2.75) is 6.92 Å². The van der Waals surface area contributed by atoms with Gasteiger partial charge in [-0.25, -0.2) is 0 Å². The molecule has 4 nitrogen and oxygen atoms in total. The van der Waals surface area contributed by atoms with Crippen molar-refractivity contribution in [2.24, 2.45) is 0 Å². The van der Waals surface area contributed by atoms with Crippen LogP contribution in [0.5, 0.6) is 0 Å². The molecule has 0 aliphatic heterocycles. The Bertz CT molecular complexity index is 874. The normalized spacial score (nSPS) is 9.78. The summed E-state index contributed by atoms with van der Waals surface area (Å²) in [6, 6.07) is 16.9. The van der Waals surface area contributed by atoms with Gasteiger partial charge in [0, 0.05) is 16.7 Å². The quantitative estimate of drug-likeness (QED) is 0.736. The third-order valence-corrected chi connectivity index (χ3v) is 3.77. The number of amides is 1. The van der Waals surface area contributed by atoms with E-state index in [1.54, 1.807) is 12.1 Å². The summed E-state index contributed by atoms with van der Waals surface area (Å²) in [6.07, 6.45) is 0. The number of nitrogens with one attached hydrogen (secondary N) is 1. The molecule has 0 aliphatic carbocycles. The summed E-state index contributed by atoms with van der Waals surface area (Å²) in [6.45, 7) is 1.84. The van der Waals surface area contributed by atoms with Crippen LogP contribution in [0.4, 0.5) is 5.13 Å². The van der Waals surface area contributed by atoms with Gasteiger partial charge in [0.05, 0.1) is 0 Å². The number of benzene rings is 2. The minimum absolute atomic E-state index is 0.205. The molecule has 23 heavy (non-hydrogen) atoms. The second-order valence-corrected chi connectivity index (χ2v) is 5.96. The third kappa shape index (κ3) is 4.02. The lowest BCUT2D eigenvalue weighted by molar-refractivity contribution is 0.102. The van der Waals surface area contributed by atoms with E-state index in [9.17, 15) is 4.79 Å². The summed E-state index contributed by atoms with van der Waals surface area (Å²) in [5.74, 6) is 5.96. The van der Waals surface area contributed by atoms with Crippen molar-refractivity contribution in [1.29, 1.82) is 0 Å². The van der Waals surface area contributed by atoms with Crippen molar-refractivity contribution in [3.8, 4) is 11.8 Å². The van der Waals surface area contributed by atoms with E-state index in [0.29, 0.717) is 10.7 Å². The van der Waals surface area contributed by atoms with E-state index < -0.39 is 0 Å². The molecule has 112 valence electrons. The van der Waals surface area contributed by atoms with Crippen LogP contribution in [0.2, 0.25) is 0 Å². The van der Waals surface area contributed by atoms with Gasteiger partial charge in [-0.2, -0.15) is 0 Å². The fourth-order valence-electron chi connectivity index (χ4n) is 1.89. The number of hydrogen-bond donors (Lipinski definition) is 1. The van der Waals surface area contributed by atoms with Crippen molar-refractivity contribution in [1.82, 2.24) is 10.2 Å². The van der Waals surface area contributed by atoms with Gasteiger partial charge >= 0.3 is 0 Å². The zero-order valence-corrected chi connectivity index (χ0v) is 13.2. The first-order chi connectivity index (χ1) is 11.2. The molecule has 0 spiro atoms. The molecule has 1 amide bonds. The summed E-state index contributed by atoms with van der Waals surface area (Å²) in [5, 5.41) is 11.8. The molecule has 0 bridgehead atoms. The number of nitrogens with zero attached hydrogens (tertiary/aromatic N) is 2. The lowest BCUT2D eigenvalue weighted by Crippen LogP contribution is -2.11. The fourth-order valence-corrected chi connectivity index (χ4v) is 2.47. The molecule has 3 rings (SSSR count). The number of rotatable bonds is 2. The average molecular weight is 319 g/mol. The van der Waals surface area contributed by atoms with Crippen molar-refractivity contribution < 1.29 is 4.79 Å². The Balaban J connectivity index is 1.69. The molecule has 0 saturated heterocycles. The number of carbonyl (C=O) groups is 1. The molecule has 0 saturated carbocycles. The molecule has 1 aromatic heterocycles. The maximum absolute atomic E-state index is 12.1. The Hall–Kier alpha value is -2.97. The van der Waals surface area contributed by atoms with Gasteiger partial charge in [-0.15, -0.1) is 10.2 Å². The zero-order chi connectivity index (χ0) is 16.1. The monoisotopic (exact) mass is 319 g/mol. The van der Waals surface area contributed by atoms with Crippen LogP contribution in [0.25, 0.3) is 0 Å². The van der Waals surface area contributed by atoms with Gasteiger partial charge in [-0.1, -0.05) is 41.4 Å². The second kappa shape index (κ2) is 6.86. The lowest BCUT2D eigenvalue weighted by Gasteiger charge is -2.01. The van der Waals surface area contributed by atoms with Crippen LogP contribution in [-0.2, 0) is 0 Å². The highest BCUT2D eigenvalue weighted by molar-refractivity contribution is 7.15. The molecular weight excluding hydrogens is 306 g/mol. The Morgan fingerprint density at radius 3 is 2.22 bits per heavy atom. The molecule has 0 fully saturated rings. The fraction of sp³-hybridized carbons (Fsp3) is 0.0556. The highest BCUT2D eigenvalue weighted by atomic mass is 32.1. The molecule has 1 N–H and O–H groups in total. The van der Waals surface area contributed by atoms with Crippen LogP contribution in [0.3, 0.4) is 0 Å². The molecule has 5 heteroatoms. The Kier molecular flexibility index (Phi) is 4.46. The third-order valence-electron chi connectivity index (χ3n) is 3.02. The van der Waals surface area contributed by atoms with Crippen molar-refractivity contribution >= 4 is 22.4 Å². The largest absolute Gasteiger partial charge is 0.296 e. The van der Waals surface area contributed by atoms with Crippen LogP contribution in [0, 0.1) is 18.8 Å². The van der Waals surface area contributed by atoms with E-state index in [0.717, 1.165) is 16.1 Å². The van der Waals surface area contributed by atoms with E-state index >= 15 is 0 Å². The van der Waals surface area contributed by atoms with Gasteiger partial charge < -0.3 is 0 Å². The Morgan fingerprint density at radius 2 is 1.61 bits per heavy atom. The second-order valence-electron chi connectivity index (χ2n) is 4.77. The summed E-state index contributed by atoms with van der Waals surface area (Å²) in [7, 11) is 0. The van der Waals surface area contributed by atoms with E-state index in [2.05, 4.69) is 27.4 Å². The maximum Gasteiger partial charge on any atom is 0.257 e. The number of anilines is 1. The van der Waals surface area contributed by atoms with Gasteiger partial charge in [-0.05, 0) is 43.3 Å². The van der Waals surface area contributed by atoms with E-state index in [4.69, 9.17) is 0 Å². The standard InChI is InChI=1S/C18H13N3OS/c1-13-20-21-18(23-13)19-17(22)16-11-9-15(10-12-16)8-7-14-5-3-2-4-6-14/h2-6,9-12H,1H3,(H,19,21,22). The summed E-state index contributed by atoms with van der Waals surface area (Å²) >= 11 is 1.34. The Morgan fingerprint density at radius 1 is 0.957 bits per heavy atom. The molecule has 0 atom stereocenters. The molecule has 0 unspecified atom stereocenters. The highest BCUT2D eigenvalue weighted by Crippen LogP contribution is 2.15. The van der Waals surface area contributed by atoms with Gasteiger partial charge in [0.2, 0.25) is 5.13 Å². The average Bonchev–Trinajstić information content (AvgIpc) is 2.99. The summed E-state index contributed by atoms with van der Waals surface area (Å²) in [4.78, 5) is 12.1. The van der Waals surface area contributed by atoms with Crippen LogP contribution in [0.15, 0.2) is 54.6 Å². The summed E-state index contributed by atoms with van der Waals surface area (Å²) < 4.78 is 0. The minimum atomic E-state index is -0.205. The first kappa shape index (κ1) is 14.9. The van der Waals surface area contributed by atoms with Gasteiger partial charge in [-0.3, -0.25) is 10.1 Å². The highest BCUT2D eigenvalue weighted by Gasteiger charge is 2.08. The predicted molar refractivity (Wildman–Crippen MR) is 91.5 cm³/mol. The molecule has 2 aromatic carbocycles. The van der Waals surface area contributed by atoms with E-state index in [1.165, 1.54) is 11.3 Å². The van der Waals surface area contributed by atoms with Gasteiger partial charge in [0.25, 0.3) is 5.91 Å². The van der Waals surface area contributed by atoms with Crippen LogP contribution < -0.4 is 5.32 Å². The smallest absolute Gasteiger partial charge is 0.257 e. The molecule has 0 aliphatic rings. The zero-order valence-electron chi connectivity index (χ0n) is 12.4. The number of aromatic nitrogens is 2. The van der Waals surface area contributed by atoms with Crippen molar-refractivity contribution in [3.63, 3.8) is 0 Å². The first-order valence-corrected chi connectivity index (χ1v) is 7.81. The maximum atomic E-state index is 12.1. The van der Waals surface area contributed by atoms with Gasteiger partial charge in [0.15, 0.2) is 0 Å².